The summed E-state index contributed by atoms with van der Waals surface area (Å²) in [7, 11) is -3.14. The highest BCUT2D eigenvalue weighted by atomic mass is 32.2. The Morgan fingerprint density at radius 2 is 1.89 bits per heavy atom. The number of hydrogen-bond acceptors (Lipinski definition) is 4. The van der Waals surface area contributed by atoms with Gasteiger partial charge in [-0.1, -0.05) is 20.3 Å². The van der Waals surface area contributed by atoms with E-state index >= 15 is 0 Å². The largest absolute Gasteiger partial charge is 0.343 e. The fourth-order valence-electron chi connectivity index (χ4n) is 2.06. The van der Waals surface area contributed by atoms with Crippen LogP contribution in [0.2, 0.25) is 0 Å². The monoisotopic (exact) mass is 290 g/mol. The Labute approximate surface area is 114 Å². The van der Waals surface area contributed by atoms with Crippen LogP contribution in [0.1, 0.15) is 33.6 Å². The highest BCUT2D eigenvalue weighted by Gasteiger charge is 2.37. The molecule has 1 fully saturated rings. The molecule has 0 aromatic heterocycles. The Bertz CT molecular complexity index is 447. The summed E-state index contributed by atoms with van der Waals surface area (Å²) in [5, 5.41) is 2.68. The van der Waals surface area contributed by atoms with E-state index in [0.29, 0.717) is 6.42 Å². The normalized spacial score (nSPS) is 24.5. The molecule has 110 valence electrons. The molecular formula is C12H22N2O4S. The first-order valence-corrected chi connectivity index (χ1v) is 8.45. The smallest absolute Gasteiger partial charge is 0.245 e. The maximum atomic E-state index is 12.2. The lowest BCUT2D eigenvalue weighted by molar-refractivity contribution is -0.148. The van der Waals surface area contributed by atoms with Crippen LogP contribution in [0.3, 0.4) is 0 Å². The van der Waals surface area contributed by atoms with Crippen molar-refractivity contribution in [2.45, 2.75) is 45.7 Å². The average molecular weight is 290 g/mol. The summed E-state index contributed by atoms with van der Waals surface area (Å²) >= 11 is 0. The fraction of sp³-hybridized carbons (Fsp3) is 0.833. The van der Waals surface area contributed by atoms with Crippen LogP contribution in [0.25, 0.3) is 0 Å². The van der Waals surface area contributed by atoms with Gasteiger partial charge in [0, 0.05) is 12.3 Å². The highest BCUT2D eigenvalue weighted by Crippen LogP contribution is 2.13. The Morgan fingerprint density at radius 1 is 1.26 bits per heavy atom. The maximum Gasteiger partial charge on any atom is 0.245 e. The number of nitrogens with zero attached hydrogens (tertiary/aromatic N) is 1. The zero-order chi connectivity index (χ0) is 14.6. The quantitative estimate of drug-likeness (QED) is 0.742. The first-order chi connectivity index (χ1) is 8.82. The fourth-order valence-corrected chi connectivity index (χ4v) is 2.82. The molecule has 1 N–H and O–H groups in total. The van der Waals surface area contributed by atoms with Crippen LogP contribution in [0.5, 0.6) is 0 Å². The van der Waals surface area contributed by atoms with Gasteiger partial charge in [-0.25, -0.2) is 8.42 Å². The Hall–Kier alpha value is -1.11. The molecule has 19 heavy (non-hydrogen) atoms. The Kier molecular flexibility index (Phi) is 5.34. The minimum absolute atomic E-state index is 0.0496. The van der Waals surface area contributed by atoms with Gasteiger partial charge in [-0.05, 0) is 13.3 Å². The second-order valence-corrected chi connectivity index (χ2v) is 7.27. The standard InChI is InChI=1S/C12H22N2O4S/c1-4-6-10-12(16)14(9(3)11(15)13-10)7-8-19(17,18)5-2/h9-10H,4-8H2,1-3H3,(H,13,15). The number of carbonyl (C=O) groups is 2. The van der Waals surface area contributed by atoms with Crippen LogP contribution < -0.4 is 5.32 Å². The zero-order valence-electron chi connectivity index (χ0n) is 11.7. The Morgan fingerprint density at radius 3 is 2.42 bits per heavy atom. The van der Waals surface area contributed by atoms with Crippen LogP contribution >= 0.6 is 0 Å². The van der Waals surface area contributed by atoms with Crippen LogP contribution in [-0.2, 0) is 19.4 Å². The molecule has 1 rings (SSSR count). The molecule has 0 bridgehead atoms. The van der Waals surface area contributed by atoms with E-state index in [0.717, 1.165) is 6.42 Å². The van der Waals surface area contributed by atoms with E-state index < -0.39 is 21.9 Å². The molecule has 0 aromatic rings. The third kappa shape index (κ3) is 3.92. The molecule has 2 amide bonds. The third-order valence-electron chi connectivity index (χ3n) is 3.40. The molecule has 2 atom stereocenters. The van der Waals surface area contributed by atoms with Crippen LogP contribution in [0.15, 0.2) is 0 Å². The minimum atomic E-state index is -3.14. The summed E-state index contributed by atoms with van der Waals surface area (Å²) in [6, 6.07) is -1.12. The van der Waals surface area contributed by atoms with Gasteiger partial charge < -0.3 is 10.2 Å². The van der Waals surface area contributed by atoms with Crippen LogP contribution in [-0.4, -0.2) is 55.3 Å². The van der Waals surface area contributed by atoms with Gasteiger partial charge in [-0.15, -0.1) is 0 Å². The van der Waals surface area contributed by atoms with Gasteiger partial charge in [0.25, 0.3) is 0 Å². The summed E-state index contributed by atoms with van der Waals surface area (Å²) in [6.07, 6.45) is 1.36. The molecule has 0 spiro atoms. The molecule has 0 radical (unpaired) electrons. The van der Waals surface area contributed by atoms with Gasteiger partial charge in [0.05, 0.1) is 5.75 Å². The van der Waals surface area contributed by atoms with Gasteiger partial charge in [-0.2, -0.15) is 0 Å². The highest BCUT2D eigenvalue weighted by molar-refractivity contribution is 7.91. The van der Waals surface area contributed by atoms with E-state index in [-0.39, 0.29) is 29.9 Å². The van der Waals surface area contributed by atoms with E-state index in [2.05, 4.69) is 5.32 Å². The van der Waals surface area contributed by atoms with Crippen molar-refractivity contribution >= 4 is 21.7 Å². The maximum absolute atomic E-state index is 12.2. The molecule has 1 saturated heterocycles. The predicted molar refractivity (Wildman–Crippen MR) is 72.3 cm³/mol. The number of rotatable bonds is 6. The van der Waals surface area contributed by atoms with Gasteiger partial charge in [0.1, 0.15) is 12.1 Å². The van der Waals surface area contributed by atoms with E-state index in [1.807, 2.05) is 6.92 Å². The van der Waals surface area contributed by atoms with E-state index in [1.54, 1.807) is 13.8 Å². The van der Waals surface area contributed by atoms with Crippen molar-refractivity contribution in [3.63, 3.8) is 0 Å². The van der Waals surface area contributed by atoms with E-state index in [4.69, 9.17) is 0 Å². The molecule has 1 aliphatic rings. The lowest BCUT2D eigenvalue weighted by Crippen LogP contribution is -2.62. The second-order valence-electron chi connectivity index (χ2n) is 4.79. The van der Waals surface area contributed by atoms with Crippen molar-refractivity contribution in [1.29, 1.82) is 0 Å². The van der Waals surface area contributed by atoms with E-state index in [1.165, 1.54) is 4.90 Å². The summed E-state index contributed by atoms with van der Waals surface area (Å²) < 4.78 is 23.0. The molecular weight excluding hydrogens is 268 g/mol. The molecule has 1 heterocycles. The van der Waals surface area contributed by atoms with Gasteiger partial charge in [0.2, 0.25) is 11.8 Å². The molecule has 0 saturated carbocycles. The second kappa shape index (κ2) is 6.36. The van der Waals surface area contributed by atoms with Gasteiger partial charge in [-0.3, -0.25) is 9.59 Å². The lowest BCUT2D eigenvalue weighted by atomic mass is 10.0. The van der Waals surface area contributed by atoms with Gasteiger partial charge in [0.15, 0.2) is 9.84 Å². The lowest BCUT2D eigenvalue weighted by Gasteiger charge is -2.37. The number of sulfone groups is 1. The predicted octanol–water partition coefficient (Wildman–Crippen LogP) is -0.0633. The molecule has 0 aromatic carbocycles. The molecule has 1 aliphatic heterocycles. The first kappa shape index (κ1) is 15.9. The number of amides is 2. The van der Waals surface area contributed by atoms with E-state index in [9.17, 15) is 18.0 Å². The summed E-state index contributed by atoms with van der Waals surface area (Å²) in [5.74, 6) is -0.438. The van der Waals surface area contributed by atoms with Crippen molar-refractivity contribution in [3.05, 3.63) is 0 Å². The first-order valence-electron chi connectivity index (χ1n) is 6.63. The summed E-state index contributed by atoms with van der Waals surface area (Å²) in [5.41, 5.74) is 0. The SMILES string of the molecule is CCCC1NC(=O)C(C)N(CCS(=O)(=O)CC)C1=O. The summed E-state index contributed by atoms with van der Waals surface area (Å²) in [4.78, 5) is 25.3. The number of nitrogens with one attached hydrogen (secondary N) is 1. The van der Waals surface area contributed by atoms with Crippen molar-refractivity contribution in [1.82, 2.24) is 10.2 Å². The average Bonchev–Trinajstić information content (AvgIpc) is 2.36. The van der Waals surface area contributed by atoms with Crippen LogP contribution in [0.4, 0.5) is 0 Å². The van der Waals surface area contributed by atoms with Crippen molar-refractivity contribution in [2.75, 3.05) is 18.1 Å². The van der Waals surface area contributed by atoms with Crippen LogP contribution in [0, 0.1) is 0 Å². The van der Waals surface area contributed by atoms with Crippen molar-refractivity contribution in [3.8, 4) is 0 Å². The van der Waals surface area contributed by atoms with Crippen molar-refractivity contribution in [2.24, 2.45) is 0 Å². The third-order valence-corrected chi connectivity index (χ3v) is 5.09. The molecule has 7 heteroatoms. The Balaban J connectivity index is 2.78. The van der Waals surface area contributed by atoms with Gasteiger partial charge >= 0.3 is 0 Å². The topological polar surface area (TPSA) is 83.6 Å². The number of piperazine rings is 1. The minimum Gasteiger partial charge on any atom is -0.343 e. The molecule has 2 unspecified atom stereocenters. The molecule has 6 nitrogen and oxygen atoms in total. The zero-order valence-corrected chi connectivity index (χ0v) is 12.5. The number of hydrogen-bond donors (Lipinski definition) is 1. The number of carbonyl (C=O) groups excluding carboxylic acids is 2. The molecule has 0 aliphatic carbocycles. The summed E-state index contributed by atoms with van der Waals surface area (Å²) in [6.45, 7) is 5.21. The van der Waals surface area contributed by atoms with Crippen molar-refractivity contribution < 1.29 is 18.0 Å².